The van der Waals surface area contributed by atoms with Crippen LogP contribution in [0.1, 0.15) is 92.7 Å². The maximum atomic E-state index is 14.9. The highest BCUT2D eigenvalue weighted by atomic mass is 32.2. The van der Waals surface area contributed by atoms with Crippen LogP contribution in [-0.2, 0) is 11.2 Å². The number of hydrogen-bond donors (Lipinski definition) is 2. The number of carbonyl (C=O) groups is 2. The molecule has 0 spiro atoms. The van der Waals surface area contributed by atoms with Crippen LogP contribution in [0.2, 0.25) is 0 Å². The molecular weight excluding hydrogens is 549 g/mol. The zero-order valence-corrected chi connectivity index (χ0v) is 25.9. The molecule has 1 heterocycles. The van der Waals surface area contributed by atoms with Crippen molar-refractivity contribution in [3.05, 3.63) is 81.2 Å². The molecule has 0 saturated carbocycles. The van der Waals surface area contributed by atoms with Crippen molar-refractivity contribution >= 4 is 35.5 Å². The molecule has 2 aliphatic rings. The van der Waals surface area contributed by atoms with Gasteiger partial charge in [0.05, 0.1) is 29.3 Å². The summed E-state index contributed by atoms with van der Waals surface area (Å²) in [5, 5.41) is 18.3. The van der Waals surface area contributed by atoms with Crippen LogP contribution < -0.4 is 4.31 Å². The van der Waals surface area contributed by atoms with E-state index >= 15 is 0 Å². The van der Waals surface area contributed by atoms with Crippen LogP contribution in [0.3, 0.4) is 0 Å². The second-order valence-corrected chi connectivity index (χ2v) is 11.8. The minimum Gasteiger partial charge on any atom is -0.481 e. The summed E-state index contributed by atoms with van der Waals surface area (Å²) in [6.07, 6.45) is 19.5. The summed E-state index contributed by atoms with van der Waals surface area (Å²) in [4.78, 5) is 23.4. The van der Waals surface area contributed by atoms with E-state index in [-0.39, 0.29) is 25.5 Å². The smallest absolute Gasteiger partial charge is 0.307 e. The Morgan fingerprint density at radius 2 is 1.71 bits per heavy atom. The molecule has 0 amide bonds. The van der Waals surface area contributed by atoms with Gasteiger partial charge in [0.15, 0.2) is 6.29 Å². The normalized spacial score (nSPS) is 15.1. The number of anilines is 1. The van der Waals surface area contributed by atoms with Gasteiger partial charge in [-0.3, -0.25) is 9.59 Å². The number of terminal acetylenes is 1. The second kappa shape index (κ2) is 15.0. The van der Waals surface area contributed by atoms with Crippen molar-refractivity contribution in [2.24, 2.45) is 0 Å². The van der Waals surface area contributed by atoms with Crippen LogP contribution in [0.5, 0.6) is 0 Å². The Bertz CT molecular complexity index is 1440. The van der Waals surface area contributed by atoms with Crippen LogP contribution in [0.15, 0.2) is 42.0 Å². The molecule has 2 N–H and O–H groups in total. The molecule has 0 saturated heterocycles. The molecule has 1 aliphatic heterocycles. The maximum Gasteiger partial charge on any atom is 0.307 e. The average Bonchev–Trinajstić information content (AvgIpc) is 3.11. The zero-order valence-electron chi connectivity index (χ0n) is 25.1. The summed E-state index contributed by atoms with van der Waals surface area (Å²) in [5.74, 6) is -1.44. The zero-order chi connectivity index (χ0) is 31.2. The number of hydrogen-bond acceptors (Lipinski definition) is 5. The minimum atomic E-state index is -0.891. The van der Waals surface area contributed by atoms with Crippen molar-refractivity contribution in [3.8, 4) is 24.0 Å². The largest absolute Gasteiger partial charge is 0.481 e. The van der Waals surface area contributed by atoms with Crippen molar-refractivity contribution in [2.75, 3.05) is 10.6 Å². The highest BCUT2D eigenvalue weighted by molar-refractivity contribution is 8.00. The molecule has 0 unspecified atom stereocenters. The molecule has 2 aromatic rings. The Morgan fingerprint density at radius 1 is 1.12 bits per heavy atom. The predicted octanol–water partition coefficient (Wildman–Crippen LogP) is 8.66. The molecule has 2 aromatic carbocycles. The van der Waals surface area contributed by atoms with Crippen LogP contribution in [-0.4, -0.2) is 34.3 Å². The summed E-state index contributed by atoms with van der Waals surface area (Å²) in [6.45, 7) is 13.2. The highest BCUT2D eigenvalue weighted by Crippen LogP contribution is 2.53. The summed E-state index contributed by atoms with van der Waals surface area (Å²) < 4.78 is 17.0. The summed E-state index contributed by atoms with van der Waals surface area (Å²) in [5.41, 5.74) is 8.56. The first kappa shape index (κ1) is 36.4. The fraction of sp³-hybridized carbons (Fsp3) is 0.371. The van der Waals surface area contributed by atoms with Gasteiger partial charge in [0.1, 0.15) is 5.82 Å². The number of aliphatic hydroxyl groups is 1. The first-order chi connectivity index (χ1) is 19.2. The molecule has 4 rings (SSSR count). The van der Waals surface area contributed by atoms with E-state index in [1.165, 1.54) is 6.07 Å². The molecule has 226 valence electrons. The van der Waals surface area contributed by atoms with Gasteiger partial charge in [0, 0.05) is 11.8 Å². The van der Waals surface area contributed by atoms with Gasteiger partial charge in [0.25, 0.3) is 0 Å². The number of benzene rings is 2. The Labute approximate surface area is 255 Å². The number of carboxylic acid groups (broad SMARTS) is 1. The van der Waals surface area contributed by atoms with Crippen LogP contribution in [0.25, 0.3) is 16.7 Å². The number of carbonyl (C=O) groups excluding carboxylic acids is 1. The third-order valence-electron chi connectivity index (χ3n) is 6.80. The molecule has 5 nitrogen and oxygen atoms in total. The molecular formula is C35H44FNO4S. The number of rotatable bonds is 5. The molecule has 7 heteroatoms. The summed E-state index contributed by atoms with van der Waals surface area (Å²) in [7, 11) is 0. The molecule has 1 aliphatic carbocycles. The van der Waals surface area contributed by atoms with Crippen molar-refractivity contribution in [3.63, 3.8) is 0 Å². The van der Waals surface area contributed by atoms with Gasteiger partial charge in [-0.25, -0.2) is 4.39 Å². The second-order valence-electron chi connectivity index (χ2n) is 11.0. The number of halogens is 1. The number of aldehydes is 1. The SMILES string of the molecule is C.C#C.CC(C)(C)O.CSN1c2c(C)c(CC(=O)O)c(C3=CCC=C(C)C=C3)c(C)c2-c2cc(F)c(C=O)cc2[C@H]1C. The van der Waals surface area contributed by atoms with Gasteiger partial charge in [-0.15, -0.1) is 12.8 Å². The molecule has 42 heavy (non-hydrogen) atoms. The Morgan fingerprint density at radius 3 is 2.24 bits per heavy atom. The number of nitrogens with zero attached hydrogens (tertiary/aromatic N) is 1. The average molecular weight is 594 g/mol. The quantitative estimate of drug-likeness (QED) is 0.205. The van der Waals surface area contributed by atoms with E-state index in [1.54, 1.807) is 38.8 Å². The van der Waals surface area contributed by atoms with Gasteiger partial charge in [0.2, 0.25) is 0 Å². The lowest BCUT2D eigenvalue weighted by atomic mass is 9.79. The lowest BCUT2D eigenvalue weighted by molar-refractivity contribution is -0.136. The Balaban J connectivity index is 0.000000999. The van der Waals surface area contributed by atoms with Crippen LogP contribution in [0, 0.1) is 32.5 Å². The number of allylic oxidation sites excluding steroid dienone is 6. The monoisotopic (exact) mass is 593 g/mol. The van der Waals surface area contributed by atoms with Crippen LogP contribution >= 0.6 is 11.9 Å². The topological polar surface area (TPSA) is 77.8 Å². The molecule has 0 radical (unpaired) electrons. The van der Waals surface area contributed by atoms with Gasteiger partial charge >= 0.3 is 5.97 Å². The number of aliphatic carboxylic acids is 1. The highest BCUT2D eigenvalue weighted by Gasteiger charge is 2.35. The summed E-state index contributed by atoms with van der Waals surface area (Å²) >= 11 is 1.54. The molecule has 0 fully saturated rings. The molecule has 0 bridgehead atoms. The number of carboxylic acids is 1. The number of fused-ring (bicyclic) bond motifs is 3. The van der Waals surface area contributed by atoms with Gasteiger partial charge in [-0.05, 0) is 106 Å². The third kappa shape index (κ3) is 8.02. The fourth-order valence-corrected chi connectivity index (χ4v) is 6.00. The predicted molar refractivity (Wildman–Crippen MR) is 177 cm³/mol. The molecule has 1 atom stereocenters. The lowest BCUT2D eigenvalue weighted by Gasteiger charge is -2.40. The van der Waals surface area contributed by atoms with Crippen molar-refractivity contribution < 1.29 is 24.2 Å². The van der Waals surface area contributed by atoms with E-state index in [1.807, 2.05) is 46.1 Å². The lowest BCUT2D eigenvalue weighted by Crippen LogP contribution is -2.27. The summed E-state index contributed by atoms with van der Waals surface area (Å²) in [6, 6.07) is 2.98. The van der Waals surface area contributed by atoms with Crippen molar-refractivity contribution in [1.82, 2.24) is 0 Å². The fourth-order valence-electron chi connectivity index (χ4n) is 5.16. The third-order valence-corrected chi connectivity index (χ3v) is 7.69. The molecule has 0 aromatic heterocycles. The Kier molecular flexibility index (Phi) is 13.0. The minimum absolute atomic E-state index is 0. The van der Waals surface area contributed by atoms with E-state index in [0.717, 1.165) is 62.2 Å². The van der Waals surface area contributed by atoms with E-state index < -0.39 is 17.4 Å². The van der Waals surface area contributed by atoms with Gasteiger partial charge in [-0.2, -0.15) is 0 Å². The van der Waals surface area contributed by atoms with E-state index in [4.69, 9.17) is 5.11 Å². The van der Waals surface area contributed by atoms with Crippen molar-refractivity contribution in [1.29, 1.82) is 0 Å². The Hall–Kier alpha value is -3.60. The van der Waals surface area contributed by atoms with Crippen LogP contribution in [0.4, 0.5) is 10.1 Å². The van der Waals surface area contributed by atoms with Gasteiger partial charge < -0.3 is 14.5 Å². The van der Waals surface area contributed by atoms with Crippen molar-refractivity contribution in [2.45, 2.75) is 80.4 Å². The first-order valence-electron chi connectivity index (χ1n) is 13.3. The van der Waals surface area contributed by atoms with E-state index in [9.17, 15) is 19.1 Å². The maximum absolute atomic E-state index is 14.9. The first-order valence-corrected chi connectivity index (χ1v) is 14.5. The van der Waals surface area contributed by atoms with E-state index in [2.05, 4.69) is 29.3 Å². The van der Waals surface area contributed by atoms with E-state index in [0.29, 0.717) is 6.29 Å². The van der Waals surface area contributed by atoms with Gasteiger partial charge in [-0.1, -0.05) is 49.3 Å². The standard InChI is InChI=1S/C28H28FNO3S.C4H10O.C2H2.CH4/c1-15-7-6-8-19(10-9-15)26-17(3)27-23-12-24(29)20(14-31)11-22(23)18(4)30(34-5)28(27)16(2)21(26)13-25(32)33;1-4(2,3)5;1-2;/h7-12,14,18H,6,13H2,1-5H3,(H,32,33);5H,1-3H3;1-2H;1H4/t18-;;;/m1.../s1.